The summed E-state index contributed by atoms with van der Waals surface area (Å²) in [5.74, 6) is -2.43. The number of benzene rings is 1. The molecule has 0 saturated carbocycles. The zero-order valence-electron chi connectivity index (χ0n) is 14.5. The number of fused-ring (bicyclic) bond motifs is 2. The third-order valence-corrected chi connectivity index (χ3v) is 4.91. The number of rotatable bonds is 3. The molecule has 1 aromatic heterocycles. The molecule has 0 bridgehead atoms. The molecule has 144 valence electrons. The van der Waals surface area contributed by atoms with Crippen LogP contribution in [0.25, 0.3) is 0 Å². The third-order valence-electron chi connectivity index (χ3n) is 4.67. The molecule has 2 aliphatic rings. The van der Waals surface area contributed by atoms with Crippen LogP contribution in [0.3, 0.4) is 0 Å². The van der Waals surface area contributed by atoms with Gasteiger partial charge in [-0.15, -0.1) is 0 Å². The van der Waals surface area contributed by atoms with E-state index >= 15 is 0 Å². The maximum absolute atomic E-state index is 13.5. The standard InChI is InChI=1S/C18H18ClF2N3O3/c1-18(20,21)15-4-5-24-16(27-15)8-13(23-24)17(25)22-12-7-10-6-11(19)2-3-14(10)26-9-12/h2-3,6,8,12,15H,4-5,7,9H2,1H3,(H,22,25). The molecule has 27 heavy (non-hydrogen) atoms. The molecule has 0 fully saturated rings. The number of carbonyl (C=O) groups excluding carboxylic acids is 1. The van der Waals surface area contributed by atoms with E-state index in [-0.39, 0.29) is 30.6 Å². The fraction of sp³-hybridized carbons (Fsp3) is 0.444. The van der Waals surface area contributed by atoms with Crippen molar-refractivity contribution in [1.29, 1.82) is 0 Å². The smallest absolute Gasteiger partial charge is 0.281 e. The van der Waals surface area contributed by atoms with Crippen molar-refractivity contribution in [3.8, 4) is 11.6 Å². The Morgan fingerprint density at radius 2 is 2.22 bits per heavy atom. The Morgan fingerprint density at radius 3 is 3.00 bits per heavy atom. The number of nitrogens with one attached hydrogen (secondary N) is 1. The summed E-state index contributed by atoms with van der Waals surface area (Å²) in [4.78, 5) is 12.5. The number of amides is 1. The van der Waals surface area contributed by atoms with E-state index in [0.29, 0.717) is 18.1 Å². The van der Waals surface area contributed by atoms with Crippen LogP contribution in [0.15, 0.2) is 24.3 Å². The molecule has 4 rings (SSSR count). The van der Waals surface area contributed by atoms with Crippen molar-refractivity contribution in [3.05, 3.63) is 40.5 Å². The highest BCUT2D eigenvalue weighted by atomic mass is 35.5. The van der Waals surface area contributed by atoms with Gasteiger partial charge in [0.1, 0.15) is 12.4 Å². The first-order chi connectivity index (χ1) is 12.8. The van der Waals surface area contributed by atoms with Crippen molar-refractivity contribution >= 4 is 17.5 Å². The number of nitrogens with zero attached hydrogens (tertiary/aromatic N) is 2. The van der Waals surface area contributed by atoms with E-state index in [9.17, 15) is 13.6 Å². The van der Waals surface area contributed by atoms with Crippen LogP contribution >= 0.6 is 11.6 Å². The molecule has 0 aliphatic carbocycles. The monoisotopic (exact) mass is 397 g/mol. The van der Waals surface area contributed by atoms with Gasteiger partial charge in [0.25, 0.3) is 11.8 Å². The van der Waals surface area contributed by atoms with E-state index in [1.807, 2.05) is 6.07 Å². The molecule has 0 saturated heterocycles. The van der Waals surface area contributed by atoms with Crippen molar-refractivity contribution in [2.24, 2.45) is 0 Å². The SMILES string of the molecule is CC(F)(F)C1CCn2nc(C(=O)NC3COc4ccc(Cl)cc4C3)cc2O1. The highest BCUT2D eigenvalue weighted by molar-refractivity contribution is 6.30. The van der Waals surface area contributed by atoms with E-state index in [4.69, 9.17) is 21.1 Å². The molecule has 6 nitrogen and oxygen atoms in total. The van der Waals surface area contributed by atoms with Gasteiger partial charge >= 0.3 is 0 Å². The summed E-state index contributed by atoms with van der Waals surface area (Å²) >= 11 is 6.00. The van der Waals surface area contributed by atoms with Gasteiger partial charge in [0.2, 0.25) is 5.88 Å². The predicted molar refractivity (Wildman–Crippen MR) is 93.8 cm³/mol. The van der Waals surface area contributed by atoms with Gasteiger partial charge in [-0.3, -0.25) is 4.79 Å². The van der Waals surface area contributed by atoms with Crippen LogP contribution in [0.2, 0.25) is 5.02 Å². The molecule has 2 aliphatic heterocycles. The van der Waals surface area contributed by atoms with Crippen LogP contribution in [0.1, 0.15) is 29.4 Å². The minimum Gasteiger partial charge on any atom is -0.491 e. The van der Waals surface area contributed by atoms with Gasteiger partial charge in [0.05, 0.1) is 6.04 Å². The number of alkyl halides is 2. The number of hydrogen-bond donors (Lipinski definition) is 1. The number of hydrogen-bond acceptors (Lipinski definition) is 4. The van der Waals surface area contributed by atoms with Crippen LogP contribution in [-0.2, 0) is 13.0 Å². The van der Waals surface area contributed by atoms with Crippen LogP contribution in [0.5, 0.6) is 11.6 Å². The zero-order valence-corrected chi connectivity index (χ0v) is 15.3. The largest absolute Gasteiger partial charge is 0.491 e. The Hall–Kier alpha value is -2.35. The van der Waals surface area contributed by atoms with E-state index in [2.05, 4.69) is 10.4 Å². The second-order valence-electron chi connectivity index (χ2n) is 6.88. The van der Waals surface area contributed by atoms with Crippen LogP contribution in [-0.4, -0.2) is 40.4 Å². The Labute approximate surface area is 159 Å². The van der Waals surface area contributed by atoms with Crippen LogP contribution in [0.4, 0.5) is 8.78 Å². The van der Waals surface area contributed by atoms with E-state index < -0.39 is 17.9 Å². The van der Waals surface area contributed by atoms with Crippen molar-refractivity contribution in [2.45, 2.75) is 44.4 Å². The lowest BCUT2D eigenvalue weighted by Crippen LogP contribution is -2.42. The average Bonchev–Trinajstić information content (AvgIpc) is 3.04. The van der Waals surface area contributed by atoms with E-state index in [1.165, 1.54) is 10.7 Å². The topological polar surface area (TPSA) is 65.4 Å². The van der Waals surface area contributed by atoms with Crippen molar-refractivity contribution in [2.75, 3.05) is 6.61 Å². The van der Waals surface area contributed by atoms with Gasteiger partial charge in [-0.2, -0.15) is 5.10 Å². The number of ether oxygens (including phenoxy) is 2. The Morgan fingerprint density at radius 1 is 1.41 bits per heavy atom. The summed E-state index contributed by atoms with van der Waals surface area (Å²) in [5, 5.41) is 7.63. The molecule has 2 unspecified atom stereocenters. The fourth-order valence-electron chi connectivity index (χ4n) is 3.28. The normalized spacial score (nSPS) is 21.5. The molecule has 2 aromatic rings. The molecule has 1 aromatic carbocycles. The lowest BCUT2D eigenvalue weighted by molar-refractivity contribution is -0.0960. The van der Waals surface area contributed by atoms with Gasteiger partial charge in [0, 0.05) is 31.0 Å². The molecule has 1 N–H and O–H groups in total. The number of aromatic nitrogens is 2. The van der Waals surface area contributed by atoms with Crippen LogP contribution < -0.4 is 14.8 Å². The zero-order chi connectivity index (χ0) is 19.2. The summed E-state index contributed by atoms with van der Waals surface area (Å²) in [6.45, 7) is 1.42. The summed E-state index contributed by atoms with van der Waals surface area (Å²) < 4.78 is 39.3. The molecule has 2 atom stereocenters. The quantitative estimate of drug-likeness (QED) is 0.864. The molecule has 9 heteroatoms. The number of halogens is 3. The summed E-state index contributed by atoms with van der Waals surface area (Å²) in [7, 11) is 0. The lowest BCUT2D eigenvalue weighted by Gasteiger charge is -2.28. The Balaban J connectivity index is 1.44. The summed E-state index contributed by atoms with van der Waals surface area (Å²) in [6.07, 6.45) is -0.506. The van der Waals surface area contributed by atoms with Crippen LogP contribution in [0, 0.1) is 0 Å². The minimum absolute atomic E-state index is 0.127. The lowest BCUT2D eigenvalue weighted by atomic mass is 10.0. The Kier molecular flexibility index (Phi) is 4.46. The maximum Gasteiger partial charge on any atom is 0.281 e. The second-order valence-corrected chi connectivity index (χ2v) is 7.32. The predicted octanol–water partition coefficient (Wildman–Crippen LogP) is 3.08. The highest BCUT2D eigenvalue weighted by Gasteiger charge is 2.39. The highest BCUT2D eigenvalue weighted by Crippen LogP contribution is 2.31. The van der Waals surface area contributed by atoms with Crippen molar-refractivity contribution in [1.82, 2.24) is 15.1 Å². The summed E-state index contributed by atoms with van der Waals surface area (Å²) in [5.41, 5.74) is 1.04. The molecule has 3 heterocycles. The van der Waals surface area contributed by atoms with Gasteiger partial charge < -0.3 is 14.8 Å². The van der Waals surface area contributed by atoms with Crippen molar-refractivity contribution in [3.63, 3.8) is 0 Å². The van der Waals surface area contributed by atoms with E-state index in [1.54, 1.807) is 12.1 Å². The number of aryl methyl sites for hydroxylation is 1. The first kappa shape index (κ1) is 18.0. The number of carbonyl (C=O) groups is 1. The third kappa shape index (κ3) is 3.71. The van der Waals surface area contributed by atoms with Gasteiger partial charge in [0.15, 0.2) is 11.8 Å². The van der Waals surface area contributed by atoms with Gasteiger partial charge in [-0.25, -0.2) is 13.5 Å². The Bertz CT molecular complexity index is 881. The minimum atomic E-state index is -2.95. The molecule has 1 amide bonds. The fourth-order valence-corrected chi connectivity index (χ4v) is 3.48. The van der Waals surface area contributed by atoms with E-state index in [0.717, 1.165) is 18.2 Å². The van der Waals surface area contributed by atoms with Gasteiger partial charge in [-0.1, -0.05) is 11.6 Å². The first-order valence-corrected chi connectivity index (χ1v) is 9.02. The molecular weight excluding hydrogens is 380 g/mol. The molecule has 0 radical (unpaired) electrons. The summed E-state index contributed by atoms with van der Waals surface area (Å²) in [6, 6.07) is 6.51. The van der Waals surface area contributed by atoms with Gasteiger partial charge in [-0.05, 0) is 30.2 Å². The maximum atomic E-state index is 13.5. The molecular formula is C18H18ClF2N3O3. The van der Waals surface area contributed by atoms with Crippen molar-refractivity contribution < 1.29 is 23.0 Å². The average molecular weight is 398 g/mol. The second kappa shape index (κ2) is 6.67. The molecule has 0 spiro atoms. The first-order valence-electron chi connectivity index (χ1n) is 8.64.